The Hall–Kier alpha value is 0.110. The molecule has 2 nitrogen and oxygen atoms in total. The van der Waals surface area contributed by atoms with Gasteiger partial charge in [-0.05, 0) is 6.42 Å². The number of hydrogen-bond donors (Lipinski definition) is 0. The number of halogens is 1. The summed E-state index contributed by atoms with van der Waals surface area (Å²) in [6.45, 7) is 2.65. The maximum atomic E-state index is 11.2. The molecule has 3 heteroatoms. The molecule has 0 spiro atoms. The largest absolute Gasteiger partial charge is 0.376 e. The summed E-state index contributed by atoms with van der Waals surface area (Å²) in [5.41, 5.74) is 0. The zero-order chi connectivity index (χ0) is 8.27. The van der Waals surface area contributed by atoms with Gasteiger partial charge < -0.3 is 4.74 Å². The van der Waals surface area contributed by atoms with Crippen molar-refractivity contribution in [3.05, 3.63) is 0 Å². The fraction of sp³-hybridized carbons (Fsp3) is 0.875. The Kier molecular flexibility index (Phi) is 3.52. The summed E-state index contributed by atoms with van der Waals surface area (Å²) in [6, 6.07) is 0. The third kappa shape index (κ3) is 2.56. The molecule has 1 rings (SSSR count). The number of ketones is 1. The third-order valence-electron chi connectivity index (χ3n) is 1.87. The quantitative estimate of drug-likeness (QED) is 0.665. The first kappa shape index (κ1) is 9.20. The number of alkyl halides is 1. The second-order valence-electron chi connectivity index (χ2n) is 2.88. The average molecular weight is 221 g/mol. The number of carbonyl (C=O) groups excluding carboxylic acids is 1. The highest BCUT2D eigenvalue weighted by Gasteiger charge is 2.26. The lowest BCUT2D eigenvalue weighted by molar-refractivity contribution is -0.127. The van der Waals surface area contributed by atoms with Gasteiger partial charge in [0.2, 0.25) is 0 Å². The van der Waals surface area contributed by atoms with E-state index in [1.54, 1.807) is 0 Å². The van der Waals surface area contributed by atoms with E-state index in [9.17, 15) is 4.79 Å². The maximum Gasteiger partial charge on any atom is 0.151 e. The monoisotopic (exact) mass is 220 g/mol. The van der Waals surface area contributed by atoms with E-state index < -0.39 is 0 Å². The van der Waals surface area contributed by atoms with E-state index in [2.05, 4.69) is 22.9 Å². The maximum absolute atomic E-state index is 11.2. The fourth-order valence-corrected chi connectivity index (χ4v) is 1.57. The molecule has 1 heterocycles. The minimum Gasteiger partial charge on any atom is -0.376 e. The Balaban J connectivity index is 2.34. The molecule has 11 heavy (non-hydrogen) atoms. The van der Waals surface area contributed by atoms with Crippen LogP contribution in [-0.2, 0) is 9.53 Å². The van der Waals surface area contributed by atoms with Gasteiger partial charge in [-0.1, -0.05) is 29.3 Å². The van der Waals surface area contributed by atoms with Crippen LogP contribution >= 0.6 is 15.9 Å². The van der Waals surface area contributed by atoms with Crippen LogP contribution in [0.3, 0.4) is 0 Å². The van der Waals surface area contributed by atoms with Crippen molar-refractivity contribution in [2.45, 2.75) is 37.1 Å². The van der Waals surface area contributed by atoms with Crippen molar-refractivity contribution in [2.75, 3.05) is 6.61 Å². The van der Waals surface area contributed by atoms with Crippen LogP contribution in [0.15, 0.2) is 0 Å². The summed E-state index contributed by atoms with van der Waals surface area (Å²) in [7, 11) is 0. The topological polar surface area (TPSA) is 26.3 Å². The zero-order valence-electron chi connectivity index (χ0n) is 6.68. The summed E-state index contributed by atoms with van der Waals surface area (Å²) < 4.78 is 5.43. The van der Waals surface area contributed by atoms with Crippen LogP contribution < -0.4 is 0 Å². The molecule has 0 aromatic carbocycles. The van der Waals surface area contributed by atoms with Crippen molar-refractivity contribution >= 4 is 21.7 Å². The number of hydrogen-bond acceptors (Lipinski definition) is 2. The third-order valence-corrected chi connectivity index (χ3v) is 2.64. The molecule has 64 valence electrons. The van der Waals surface area contributed by atoms with Crippen LogP contribution in [0.2, 0.25) is 0 Å². The molecule has 0 bridgehead atoms. The van der Waals surface area contributed by atoms with Crippen molar-refractivity contribution in [2.24, 2.45) is 0 Å². The summed E-state index contributed by atoms with van der Waals surface area (Å²) in [6.07, 6.45) is 2.86. The number of Topliss-reactive ketones (excluding diaryl/α,β-unsaturated/α-hetero) is 1. The first-order chi connectivity index (χ1) is 5.24. The SMILES string of the molecule is CCCC1CC(=O)C(Br)CO1. The van der Waals surface area contributed by atoms with Crippen LogP contribution in [0.5, 0.6) is 0 Å². The zero-order valence-corrected chi connectivity index (χ0v) is 8.26. The van der Waals surface area contributed by atoms with E-state index >= 15 is 0 Å². The first-order valence-corrected chi connectivity index (χ1v) is 4.94. The van der Waals surface area contributed by atoms with E-state index in [0.29, 0.717) is 13.0 Å². The second-order valence-corrected chi connectivity index (χ2v) is 3.99. The molecular formula is C8H13BrO2. The average Bonchev–Trinajstić information content (AvgIpc) is 1.98. The summed E-state index contributed by atoms with van der Waals surface area (Å²) in [5, 5.41) is 0. The molecule has 2 atom stereocenters. The molecule has 1 aliphatic rings. The molecule has 0 aromatic heterocycles. The predicted molar refractivity (Wildman–Crippen MR) is 47.0 cm³/mol. The van der Waals surface area contributed by atoms with Crippen molar-refractivity contribution in [3.8, 4) is 0 Å². The molecule has 0 radical (unpaired) electrons. The molecule has 1 fully saturated rings. The summed E-state index contributed by atoms with van der Waals surface area (Å²) >= 11 is 3.26. The van der Waals surface area contributed by atoms with Gasteiger partial charge in [0.15, 0.2) is 5.78 Å². The fourth-order valence-electron chi connectivity index (χ4n) is 1.23. The van der Waals surface area contributed by atoms with Gasteiger partial charge in [-0.15, -0.1) is 0 Å². The predicted octanol–water partition coefficient (Wildman–Crippen LogP) is 1.91. The highest BCUT2D eigenvalue weighted by Crippen LogP contribution is 2.18. The molecule has 0 amide bonds. The van der Waals surface area contributed by atoms with Gasteiger partial charge in [0, 0.05) is 6.42 Å². The van der Waals surface area contributed by atoms with E-state index in [0.717, 1.165) is 12.8 Å². The van der Waals surface area contributed by atoms with Gasteiger partial charge in [-0.25, -0.2) is 0 Å². The molecule has 1 aliphatic heterocycles. The van der Waals surface area contributed by atoms with E-state index in [-0.39, 0.29) is 16.7 Å². The van der Waals surface area contributed by atoms with E-state index in [1.165, 1.54) is 0 Å². The van der Waals surface area contributed by atoms with Gasteiger partial charge in [0.05, 0.1) is 17.5 Å². The first-order valence-electron chi connectivity index (χ1n) is 4.02. The van der Waals surface area contributed by atoms with Crippen LogP contribution in [0, 0.1) is 0 Å². The van der Waals surface area contributed by atoms with Gasteiger partial charge in [0.1, 0.15) is 0 Å². The highest BCUT2D eigenvalue weighted by molar-refractivity contribution is 9.10. The Bertz CT molecular complexity index is 147. The van der Waals surface area contributed by atoms with Crippen LogP contribution in [-0.4, -0.2) is 23.3 Å². The number of rotatable bonds is 2. The smallest absolute Gasteiger partial charge is 0.151 e. The molecule has 0 N–H and O–H groups in total. The van der Waals surface area contributed by atoms with Crippen molar-refractivity contribution in [1.82, 2.24) is 0 Å². The van der Waals surface area contributed by atoms with Crippen LogP contribution in [0.1, 0.15) is 26.2 Å². The van der Waals surface area contributed by atoms with Crippen LogP contribution in [0.25, 0.3) is 0 Å². The van der Waals surface area contributed by atoms with Crippen LogP contribution in [0.4, 0.5) is 0 Å². The lowest BCUT2D eigenvalue weighted by Crippen LogP contribution is -2.34. The Morgan fingerprint density at radius 2 is 2.45 bits per heavy atom. The molecule has 1 saturated heterocycles. The Morgan fingerprint density at radius 1 is 1.73 bits per heavy atom. The second kappa shape index (κ2) is 4.21. The summed E-state index contributed by atoms with van der Waals surface area (Å²) in [5.74, 6) is 0.287. The standard InChI is InChI=1S/C8H13BrO2/c1-2-3-6-4-8(10)7(9)5-11-6/h6-7H,2-5H2,1H3. The van der Waals surface area contributed by atoms with Gasteiger partial charge in [-0.3, -0.25) is 4.79 Å². The minimum absolute atomic E-state index is 0.0596. The van der Waals surface area contributed by atoms with Gasteiger partial charge in [-0.2, -0.15) is 0 Å². The van der Waals surface area contributed by atoms with Gasteiger partial charge in [0.25, 0.3) is 0 Å². The normalized spacial score (nSPS) is 32.4. The van der Waals surface area contributed by atoms with Crippen molar-refractivity contribution in [1.29, 1.82) is 0 Å². The van der Waals surface area contributed by atoms with E-state index in [1.807, 2.05) is 0 Å². The number of ether oxygens (including phenoxy) is 1. The number of carbonyl (C=O) groups is 1. The lowest BCUT2D eigenvalue weighted by Gasteiger charge is -2.24. The Labute approximate surface area is 75.4 Å². The van der Waals surface area contributed by atoms with Crippen molar-refractivity contribution in [3.63, 3.8) is 0 Å². The molecular weight excluding hydrogens is 208 g/mol. The van der Waals surface area contributed by atoms with E-state index in [4.69, 9.17) is 4.74 Å². The summed E-state index contributed by atoms with van der Waals surface area (Å²) in [4.78, 5) is 11.1. The lowest BCUT2D eigenvalue weighted by atomic mass is 10.0. The molecule has 2 unspecified atom stereocenters. The minimum atomic E-state index is -0.0596. The Morgan fingerprint density at radius 3 is 3.00 bits per heavy atom. The molecule has 0 saturated carbocycles. The van der Waals surface area contributed by atoms with Crippen molar-refractivity contribution < 1.29 is 9.53 Å². The molecule has 0 aliphatic carbocycles. The highest BCUT2D eigenvalue weighted by atomic mass is 79.9. The van der Waals surface area contributed by atoms with Gasteiger partial charge >= 0.3 is 0 Å². The molecule has 0 aromatic rings.